The highest BCUT2D eigenvalue weighted by atomic mass is 16.3. The first-order valence-corrected chi connectivity index (χ1v) is 7.77. The van der Waals surface area contributed by atoms with Crippen molar-refractivity contribution < 1.29 is 5.11 Å². The standard InChI is InChI=1S/C15H27NO/c17-15-10-12-7-8-14(16-12)13(15)9-11-5-3-1-2-4-6-11/h11-17H,1-10H2. The summed E-state index contributed by atoms with van der Waals surface area (Å²) in [4.78, 5) is 0. The molecule has 0 aromatic carbocycles. The van der Waals surface area contributed by atoms with Gasteiger partial charge in [-0.1, -0.05) is 38.5 Å². The van der Waals surface area contributed by atoms with Crippen LogP contribution in [0.3, 0.4) is 0 Å². The van der Waals surface area contributed by atoms with Crippen molar-refractivity contribution in [2.75, 3.05) is 0 Å². The van der Waals surface area contributed by atoms with E-state index in [9.17, 15) is 5.11 Å². The Morgan fingerprint density at radius 2 is 1.71 bits per heavy atom. The minimum absolute atomic E-state index is 0.0167. The third-order valence-electron chi connectivity index (χ3n) is 5.39. The molecule has 0 amide bonds. The van der Waals surface area contributed by atoms with E-state index in [-0.39, 0.29) is 6.10 Å². The number of hydrogen-bond donors (Lipinski definition) is 2. The molecule has 17 heavy (non-hydrogen) atoms. The normalized spacial score (nSPS) is 43.6. The van der Waals surface area contributed by atoms with E-state index in [0.29, 0.717) is 18.0 Å². The molecule has 4 unspecified atom stereocenters. The van der Waals surface area contributed by atoms with Gasteiger partial charge in [0.15, 0.2) is 0 Å². The molecule has 2 aliphatic heterocycles. The number of hydrogen-bond acceptors (Lipinski definition) is 2. The summed E-state index contributed by atoms with van der Waals surface area (Å²) in [5.74, 6) is 1.45. The fraction of sp³-hybridized carbons (Fsp3) is 1.00. The van der Waals surface area contributed by atoms with E-state index in [1.165, 1.54) is 57.8 Å². The minimum atomic E-state index is -0.0167. The number of rotatable bonds is 2. The number of nitrogens with one attached hydrogen (secondary N) is 1. The maximum Gasteiger partial charge on any atom is 0.0598 e. The summed E-state index contributed by atoms with van der Waals surface area (Å²) in [6.07, 6.45) is 13.4. The van der Waals surface area contributed by atoms with Crippen LogP contribution in [0.15, 0.2) is 0 Å². The first-order chi connectivity index (χ1) is 8.33. The van der Waals surface area contributed by atoms with E-state index in [2.05, 4.69) is 5.32 Å². The summed E-state index contributed by atoms with van der Waals surface area (Å²) in [5, 5.41) is 14.0. The van der Waals surface area contributed by atoms with Gasteiger partial charge >= 0.3 is 0 Å². The van der Waals surface area contributed by atoms with E-state index in [4.69, 9.17) is 0 Å². The van der Waals surface area contributed by atoms with Crippen LogP contribution < -0.4 is 5.32 Å². The maximum absolute atomic E-state index is 10.3. The molecule has 2 saturated heterocycles. The molecular weight excluding hydrogens is 210 g/mol. The van der Waals surface area contributed by atoms with Crippen molar-refractivity contribution in [3.63, 3.8) is 0 Å². The third kappa shape index (κ3) is 2.68. The van der Waals surface area contributed by atoms with Gasteiger partial charge in [-0.05, 0) is 31.6 Å². The molecule has 98 valence electrons. The van der Waals surface area contributed by atoms with Gasteiger partial charge in [-0.3, -0.25) is 0 Å². The van der Waals surface area contributed by atoms with Gasteiger partial charge in [-0.15, -0.1) is 0 Å². The lowest BCUT2D eigenvalue weighted by atomic mass is 9.80. The molecule has 4 atom stereocenters. The van der Waals surface area contributed by atoms with Gasteiger partial charge in [0.1, 0.15) is 0 Å². The van der Waals surface area contributed by atoms with Crippen LogP contribution >= 0.6 is 0 Å². The van der Waals surface area contributed by atoms with Gasteiger partial charge < -0.3 is 10.4 Å². The first-order valence-electron chi connectivity index (χ1n) is 7.77. The number of aliphatic hydroxyl groups is 1. The Hall–Kier alpha value is -0.0800. The van der Waals surface area contributed by atoms with Crippen LogP contribution in [0.5, 0.6) is 0 Å². The van der Waals surface area contributed by atoms with Crippen molar-refractivity contribution in [2.45, 2.75) is 82.4 Å². The predicted octanol–water partition coefficient (Wildman–Crippen LogP) is 2.85. The summed E-state index contributed by atoms with van der Waals surface area (Å²) in [6, 6.07) is 1.26. The first kappa shape index (κ1) is 12.0. The predicted molar refractivity (Wildman–Crippen MR) is 69.9 cm³/mol. The second kappa shape index (κ2) is 5.27. The lowest BCUT2D eigenvalue weighted by Gasteiger charge is -2.36. The summed E-state index contributed by atoms with van der Waals surface area (Å²) < 4.78 is 0. The molecule has 2 heterocycles. The average molecular weight is 237 g/mol. The fourth-order valence-corrected chi connectivity index (χ4v) is 4.41. The lowest BCUT2D eigenvalue weighted by molar-refractivity contribution is 0.0376. The molecule has 2 heteroatoms. The van der Waals surface area contributed by atoms with Gasteiger partial charge in [-0.25, -0.2) is 0 Å². The molecule has 1 aliphatic carbocycles. The van der Waals surface area contributed by atoms with Crippen molar-refractivity contribution in [3.05, 3.63) is 0 Å². The summed E-state index contributed by atoms with van der Waals surface area (Å²) >= 11 is 0. The smallest absolute Gasteiger partial charge is 0.0598 e. The highest BCUT2D eigenvalue weighted by Crippen LogP contribution is 2.38. The number of piperidine rings is 1. The molecule has 2 N–H and O–H groups in total. The third-order valence-corrected chi connectivity index (χ3v) is 5.39. The Kier molecular flexibility index (Phi) is 3.72. The van der Waals surface area contributed by atoms with Crippen molar-refractivity contribution in [2.24, 2.45) is 11.8 Å². The SMILES string of the molecule is OC1CC2CCC(N2)C1CC1CCCCCC1. The van der Waals surface area contributed by atoms with Gasteiger partial charge in [0.2, 0.25) is 0 Å². The zero-order chi connectivity index (χ0) is 11.7. The summed E-state index contributed by atoms with van der Waals surface area (Å²) in [5.41, 5.74) is 0. The minimum Gasteiger partial charge on any atom is -0.393 e. The Morgan fingerprint density at radius 1 is 0.941 bits per heavy atom. The zero-order valence-corrected chi connectivity index (χ0v) is 10.9. The van der Waals surface area contributed by atoms with Crippen LogP contribution in [0.1, 0.15) is 64.2 Å². The quantitative estimate of drug-likeness (QED) is 0.724. The molecular formula is C15H27NO. The molecule has 2 bridgehead atoms. The zero-order valence-electron chi connectivity index (χ0n) is 10.9. The van der Waals surface area contributed by atoms with Crippen LogP contribution in [0.4, 0.5) is 0 Å². The lowest BCUT2D eigenvalue weighted by Crippen LogP contribution is -2.48. The van der Waals surface area contributed by atoms with E-state index in [1.807, 2.05) is 0 Å². The Morgan fingerprint density at radius 3 is 2.47 bits per heavy atom. The highest BCUT2D eigenvalue weighted by Gasteiger charge is 2.41. The second-order valence-corrected chi connectivity index (χ2v) is 6.61. The van der Waals surface area contributed by atoms with Crippen LogP contribution in [0.25, 0.3) is 0 Å². The second-order valence-electron chi connectivity index (χ2n) is 6.61. The number of aliphatic hydroxyl groups excluding tert-OH is 1. The fourth-order valence-electron chi connectivity index (χ4n) is 4.41. The van der Waals surface area contributed by atoms with E-state index < -0.39 is 0 Å². The van der Waals surface area contributed by atoms with Crippen molar-refractivity contribution in [1.82, 2.24) is 5.32 Å². The van der Waals surface area contributed by atoms with Crippen LogP contribution in [-0.2, 0) is 0 Å². The van der Waals surface area contributed by atoms with Crippen molar-refractivity contribution >= 4 is 0 Å². The topological polar surface area (TPSA) is 32.3 Å². The summed E-state index contributed by atoms with van der Waals surface area (Å²) in [6.45, 7) is 0. The molecule has 0 radical (unpaired) electrons. The Balaban J connectivity index is 1.59. The van der Waals surface area contributed by atoms with Crippen molar-refractivity contribution in [1.29, 1.82) is 0 Å². The van der Waals surface area contributed by atoms with Crippen molar-refractivity contribution in [3.8, 4) is 0 Å². The molecule has 0 aromatic rings. The Bertz CT molecular complexity index is 247. The largest absolute Gasteiger partial charge is 0.393 e. The maximum atomic E-state index is 10.3. The number of fused-ring (bicyclic) bond motifs is 2. The van der Waals surface area contributed by atoms with Crippen LogP contribution in [0, 0.1) is 11.8 Å². The van der Waals surface area contributed by atoms with Crippen LogP contribution in [-0.4, -0.2) is 23.3 Å². The Labute approximate surface area is 105 Å². The molecule has 3 rings (SSSR count). The monoisotopic (exact) mass is 237 g/mol. The molecule has 0 spiro atoms. The van der Waals surface area contributed by atoms with Gasteiger partial charge in [-0.2, -0.15) is 0 Å². The van der Waals surface area contributed by atoms with E-state index >= 15 is 0 Å². The molecule has 0 aromatic heterocycles. The van der Waals surface area contributed by atoms with Gasteiger partial charge in [0.25, 0.3) is 0 Å². The highest BCUT2D eigenvalue weighted by molar-refractivity contribution is 4.98. The summed E-state index contributed by atoms with van der Waals surface area (Å²) in [7, 11) is 0. The molecule has 3 fully saturated rings. The molecule has 1 saturated carbocycles. The average Bonchev–Trinajstić information content (AvgIpc) is 2.55. The van der Waals surface area contributed by atoms with Gasteiger partial charge in [0, 0.05) is 18.0 Å². The molecule has 2 nitrogen and oxygen atoms in total. The van der Waals surface area contributed by atoms with Crippen LogP contribution in [0.2, 0.25) is 0 Å². The van der Waals surface area contributed by atoms with E-state index in [1.54, 1.807) is 0 Å². The van der Waals surface area contributed by atoms with Gasteiger partial charge in [0.05, 0.1) is 6.10 Å². The van der Waals surface area contributed by atoms with E-state index in [0.717, 1.165) is 12.3 Å². The molecule has 3 aliphatic rings.